The third-order valence-electron chi connectivity index (χ3n) is 10.5. The number of para-hydroxylation sites is 1. The smallest absolute Gasteiger partial charge is 0.297 e. The van der Waals surface area contributed by atoms with Gasteiger partial charge >= 0.3 is 0 Å². The molecule has 0 aliphatic heterocycles. The molecular weight excluding hydrogens is 777 g/mol. The summed E-state index contributed by atoms with van der Waals surface area (Å²) in [4.78, 5) is 26.9. The van der Waals surface area contributed by atoms with E-state index in [1.807, 2.05) is 0 Å². The average molecular weight is 808 g/mol. The van der Waals surface area contributed by atoms with E-state index in [4.69, 9.17) is 4.98 Å². The number of carbonyl (C=O) groups is 1. The molecule has 0 saturated heterocycles. The van der Waals surface area contributed by atoms with Crippen molar-refractivity contribution < 1.29 is 39.6 Å². The summed E-state index contributed by atoms with van der Waals surface area (Å²) >= 11 is 0. The normalized spacial score (nSPS) is 18.8. The first-order valence-corrected chi connectivity index (χ1v) is 19.7. The highest BCUT2D eigenvalue weighted by atomic mass is 32.2. The molecule has 4 heterocycles. The van der Waals surface area contributed by atoms with Crippen LogP contribution >= 0.6 is 0 Å². The van der Waals surface area contributed by atoms with Crippen molar-refractivity contribution in [2.75, 3.05) is 11.0 Å². The number of imidazole rings is 1. The summed E-state index contributed by atoms with van der Waals surface area (Å²) < 4.78 is 118. The number of sulfonamides is 1. The molecule has 1 saturated carbocycles. The Morgan fingerprint density at radius 3 is 2.49 bits per heavy atom. The fraction of sp³-hybridized carbons (Fsp3) is 0.316. The molecular formula is C38H31F6N9O3S. The van der Waals surface area contributed by atoms with Crippen molar-refractivity contribution >= 4 is 43.8 Å². The van der Waals surface area contributed by atoms with Gasteiger partial charge in [-0.1, -0.05) is 12.1 Å². The van der Waals surface area contributed by atoms with E-state index in [0.717, 1.165) is 37.3 Å². The highest BCUT2D eigenvalue weighted by Crippen LogP contribution is 2.57. The molecule has 2 aromatic carbocycles. The summed E-state index contributed by atoms with van der Waals surface area (Å²) in [7, 11) is -2.14. The number of H-pyrrole nitrogens is 1. The number of fused-ring (bicyclic) bond motifs is 5. The van der Waals surface area contributed by atoms with Crippen molar-refractivity contribution in [3.05, 3.63) is 106 Å². The summed E-state index contributed by atoms with van der Waals surface area (Å²) in [6.07, 6.45) is 1.72. The molecule has 0 bridgehead atoms. The average Bonchev–Trinajstić information content (AvgIpc) is 3.40. The van der Waals surface area contributed by atoms with Crippen LogP contribution < -0.4 is 10.0 Å². The number of carbonyl (C=O) groups excluding carboxylic acids is 1. The summed E-state index contributed by atoms with van der Waals surface area (Å²) in [5.74, 6) is -8.03. The van der Waals surface area contributed by atoms with Crippen molar-refractivity contribution in [1.29, 1.82) is 0 Å². The topological polar surface area (TPSA) is 152 Å². The van der Waals surface area contributed by atoms with Gasteiger partial charge in [-0.05, 0) is 61.2 Å². The number of rotatable bonds is 11. The number of nitrogens with zero attached hydrogens (tertiary/aromatic N) is 6. The maximum Gasteiger partial charge on any atom is 0.297 e. The molecule has 0 spiro atoms. The molecule has 3 N–H and O–H groups in total. The lowest BCUT2D eigenvalue weighted by Gasteiger charge is -2.23. The minimum Gasteiger partial charge on any atom is -0.346 e. The van der Waals surface area contributed by atoms with Gasteiger partial charge in [-0.3, -0.25) is 18.9 Å². The number of amides is 1. The number of aryl methyl sites for hydroxylation is 1. The van der Waals surface area contributed by atoms with Crippen molar-refractivity contribution in [3.8, 4) is 11.1 Å². The van der Waals surface area contributed by atoms with Crippen LogP contribution in [0.1, 0.15) is 71.2 Å². The molecule has 57 heavy (non-hydrogen) atoms. The Morgan fingerprint density at radius 2 is 1.79 bits per heavy atom. The lowest BCUT2D eigenvalue weighted by atomic mass is 9.94. The van der Waals surface area contributed by atoms with Gasteiger partial charge in [-0.15, -0.1) is 5.73 Å². The molecule has 0 unspecified atom stereocenters. The molecule has 0 radical (unpaired) electrons. The Kier molecular flexibility index (Phi) is 8.40. The van der Waals surface area contributed by atoms with E-state index in [-0.39, 0.29) is 40.6 Å². The molecule has 3 aliphatic carbocycles. The SMILES string of the molecule is Cn1nc(NS(C)(=O)=O)c2cccc(-c3cc4[nH]c(C5CC5)nc4nc3[C@H](Cc3cc(F)cc(F)c3)NC(=O)Cn3nc(C(F)F)c4c3C(F)(F)[C@@H]3C=C=C[C@H]43)c21. The van der Waals surface area contributed by atoms with Gasteiger partial charge in [0.05, 0.1) is 34.9 Å². The van der Waals surface area contributed by atoms with E-state index in [1.165, 1.54) is 10.8 Å². The van der Waals surface area contributed by atoms with Crippen LogP contribution in [-0.4, -0.2) is 55.1 Å². The largest absolute Gasteiger partial charge is 0.346 e. The van der Waals surface area contributed by atoms with Crippen LogP contribution in [0.25, 0.3) is 33.2 Å². The Hall–Kier alpha value is -5.94. The second kappa shape index (κ2) is 13.1. The van der Waals surface area contributed by atoms with E-state index in [0.29, 0.717) is 44.1 Å². The van der Waals surface area contributed by atoms with Crippen LogP contribution in [0, 0.1) is 17.6 Å². The minimum atomic E-state index is -3.75. The summed E-state index contributed by atoms with van der Waals surface area (Å²) in [6.45, 7) is -0.908. The fourth-order valence-corrected chi connectivity index (χ4v) is 8.54. The maximum atomic E-state index is 15.8. The van der Waals surface area contributed by atoms with Crippen molar-refractivity contribution in [2.24, 2.45) is 13.0 Å². The molecule has 1 amide bonds. The second-order valence-corrected chi connectivity index (χ2v) is 16.4. The van der Waals surface area contributed by atoms with Crippen molar-refractivity contribution in [1.82, 2.24) is 39.8 Å². The van der Waals surface area contributed by atoms with Crippen LogP contribution in [0.15, 0.2) is 60.3 Å². The number of aromatic amines is 1. The Labute approximate surface area is 319 Å². The predicted octanol–water partition coefficient (Wildman–Crippen LogP) is 6.80. The van der Waals surface area contributed by atoms with Gasteiger partial charge in [-0.25, -0.2) is 35.9 Å². The number of anilines is 1. The number of alkyl halides is 4. The standard InChI is InChI=1S/C38H31F6N9O3S/c1-52-32-21(5-3-7-23(32)36(50-52)51-57(2,55)56)24-15-27-37(48-35(46-27)18-9-10-18)47-30(24)26(13-17-11-19(39)14-20(40)12-17)45-28(54)16-53-33-29(31(49-53)34(41)42)22-6-4-8-25(22)38(33,43)44/h3,5-8,11-12,14-15,18,22,25-26,34H,9-10,13,16H2,1-2H3,(H,45,54)(H,50,51)(H,46,47,48)/t22-,25+,26-/m0/s1. The van der Waals surface area contributed by atoms with Crippen molar-refractivity contribution in [3.63, 3.8) is 0 Å². The number of halogens is 6. The first kappa shape index (κ1) is 36.7. The van der Waals surface area contributed by atoms with Crippen LogP contribution in [-0.2, 0) is 40.8 Å². The zero-order valence-electron chi connectivity index (χ0n) is 30.0. The number of hydrogen-bond acceptors (Lipinski definition) is 7. The number of hydrogen-bond donors (Lipinski definition) is 3. The second-order valence-electron chi connectivity index (χ2n) is 14.6. The van der Waals surface area contributed by atoms with E-state index >= 15 is 8.78 Å². The molecule has 294 valence electrons. The molecule has 1 fully saturated rings. The van der Waals surface area contributed by atoms with Gasteiger partial charge in [0.2, 0.25) is 15.9 Å². The zero-order valence-corrected chi connectivity index (χ0v) is 30.8. The fourth-order valence-electron chi connectivity index (χ4n) is 8.04. The number of pyridine rings is 1. The van der Waals surface area contributed by atoms with Gasteiger partial charge in [-0.2, -0.15) is 19.0 Å². The van der Waals surface area contributed by atoms with Gasteiger partial charge < -0.3 is 10.3 Å². The lowest BCUT2D eigenvalue weighted by Crippen LogP contribution is -2.35. The van der Waals surface area contributed by atoms with Crippen LogP contribution in [0.5, 0.6) is 0 Å². The maximum absolute atomic E-state index is 15.8. The van der Waals surface area contributed by atoms with Gasteiger partial charge in [0.25, 0.3) is 12.3 Å². The number of aromatic nitrogens is 7. The molecule has 9 rings (SSSR count). The lowest BCUT2D eigenvalue weighted by molar-refractivity contribution is -0.123. The van der Waals surface area contributed by atoms with E-state index in [2.05, 4.69) is 35.9 Å². The van der Waals surface area contributed by atoms with E-state index in [9.17, 15) is 30.8 Å². The molecule has 3 aliphatic rings. The summed E-state index contributed by atoms with van der Waals surface area (Å²) in [5, 5.41) is 11.4. The quantitative estimate of drug-likeness (QED) is 0.0962. The summed E-state index contributed by atoms with van der Waals surface area (Å²) in [6, 6.07) is 8.37. The van der Waals surface area contributed by atoms with Crippen LogP contribution in [0.3, 0.4) is 0 Å². The number of nitrogens with one attached hydrogen (secondary N) is 3. The van der Waals surface area contributed by atoms with E-state index in [1.54, 1.807) is 31.3 Å². The molecule has 3 atom stereocenters. The minimum absolute atomic E-state index is 0.0481. The van der Waals surface area contributed by atoms with Crippen LogP contribution in [0.4, 0.5) is 32.2 Å². The van der Waals surface area contributed by atoms with Gasteiger partial charge in [0.15, 0.2) is 11.5 Å². The molecule has 4 aromatic heterocycles. The first-order chi connectivity index (χ1) is 27.1. The molecule has 6 aromatic rings. The molecule has 12 nitrogen and oxygen atoms in total. The third-order valence-corrected chi connectivity index (χ3v) is 11.0. The molecule has 19 heteroatoms. The van der Waals surface area contributed by atoms with Crippen molar-refractivity contribution in [2.45, 2.75) is 56.0 Å². The first-order valence-electron chi connectivity index (χ1n) is 17.8. The highest BCUT2D eigenvalue weighted by molar-refractivity contribution is 7.92. The van der Waals surface area contributed by atoms with E-state index < -0.39 is 75.7 Å². The Bertz CT molecular complexity index is 2820. The highest BCUT2D eigenvalue weighted by Gasteiger charge is 2.58. The predicted molar refractivity (Wildman–Crippen MR) is 195 cm³/mol. The number of benzene rings is 2. The summed E-state index contributed by atoms with van der Waals surface area (Å²) in [5.41, 5.74) is 2.91. The monoisotopic (exact) mass is 807 g/mol. The Balaban J connectivity index is 1.19. The Morgan fingerprint density at radius 1 is 1.04 bits per heavy atom. The van der Waals surface area contributed by atoms with Gasteiger partial charge in [0.1, 0.15) is 35.4 Å². The van der Waals surface area contributed by atoms with Crippen LogP contribution in [0.2, 0.25) is 0 Å². The van der Waals surface area contributed by atoms with Gasteiger partial charge in [0, 0.05) is 47.0 Å². The third kappa shape index (κ3) is 6.43. The number of allylic oxidation sites excluding steroid dienone is 1. The zero-order chi connectivity index (χ0) is 40.1.